The zero-order valence-electron chi connectivity index (χ0n) is 11.8. The zero-order valence-corrected chi connectivity index (χ0v) is 11.8. The molecule has 1 nitrogen and oxygen atoms in total. The fourth-order valence-corrected chi connectivity index (χ4v) is 3.17. The molecule has 1 aliphatic carbocycles. The second-order valence-electron chi connectivity index (χ2n) is 6.11. The molecule has 2 unspecified atom stereocenters. The van der Waals surface area contributed by atoms with Crippen LogP contribution in [0.1, 0.15) is 66.2 Å². The Bertz CT molecular complexity index is 168. The Kier molecular flexibility index (Phi) is 5.82. The summed E-state index contributed by atoms with van der Waals surface area (Å²) < 4.78 is 0. The van der Waals surface area contributed by atoms with Gasteiger partial charge in [0.25, 0.3) is 0 Å². The van der Waals surface area contributed by atoms with Crippen LogP contribution in [0.5, 0.6) is 0 Å². The fourth-order valence-electron chi connectivity index (χ4n) is 3.17. The van der Waals surface area contributed by atoms with Crippen LogP contribution in [0.2, 0.25) is 0 Å². The lowest BCUT2D eigenvalue weighted by atomic mass is 9.84. The summed E-state index contributed by atoms with van der Waals surface area (Å²) in [5.41, 5.74) is 0.617. The summed E-state index contributed by atoms with van der Waals surface area (Å²) in [4.78, 5) is 0. The largest absolute Gasteiger partial charge is 0.316 e. The van der Waals surface area contributed by atoms with E-state index in [0.29, 0.717) is 5.41 Å². The van der Waals surface area contributed by atoms with Gasteiger partial charge in [0, 0.05) is 0 Å². The first-order valence-electron chi connectivity index (χ1n) is 7.38. The first-order chi connectivity index (χ1) is 7.67. The Morgan fingerprint density at radius 1 is 0.938 bits per heavy atom. The molecule has 1 heteroatoms. The molecule has 1 aliphatic heterocycles. The van der Waals surface area contributed by atoms with E-state index in [9.17, 15) is 0 Å². The van der Waals surface area contributed by atoms with Crippen molar-refractivity contribution in [3.05, 3.63) is 0 Å². The van der Waals surface area contributed by atoms with Gasteiger partial charge in [0.1, 0.15) is 0 Å². The molecule has 96 valence electrons. The first kappa shape index (κ1) is 14.0. The van der Waals surface area contributed by atoms with Gasteiger partial charge in [0.05, 0.1) is 0 Å². The fraction of sp³-hybridized carbons (Fsp3) is 1.00. The monoisotopic (exact) mass is 225 g/mol. The molecule has 0 bridgehead atoms. The van der Waals surface area contributed by atoms with E-state index in [1.165, 1.54) is 51.6 Å². The molecule has 1 saturated carbocycles. The van der Waals surface area contributed by atoms with Crippen molar-refractivity contribution in [1.29, 1.82) is 0 Å². The topological polar surface area (TPSA) is 12.0 Å². The van der Waals surface area contributed by atoms with Crippen LogP contribution in [0, 0.1) is 17.3 Å². The molecule has 1 N–H and O–H groups in total. The first-order valence-corrected chi connectivity index (χ1v) is 7.38. The van der Waals surface area contributed by atoms with E-state index in [2.05, 4.69) is 19.2 Å². The van der Waals surface area contributed by atoms with Gasteiger partial charge in [-0.2, -0.15) is 0 Å². The highest BCUT2D eigenvalue weighted by molar-refractivity contribution is 4.84. The molecule has 2 aliphatic rings. The highest BCUT2D eigenvalue weighted by Gasteiger charge is 2.31. The van der Waals surface area contributed by atoms with Crippen LogP contribution in [0.15, 0.2) is 0 Å². The van der Waals surface area contributed by atoms with Gasteiger partial charge in [-0.1, -0.05) is 27.7 Å². The molecule has 1 heterocycles. The van der Waals surface area contributed by atoms with Crippen molar-refractivity contribution in [3.8, 4) is 0 Å². The maximum atomic E-state index is 3.60. The van der Waals surface area contributed by atoms with E-state index in [-0.39, 0.29) is 0 Å². The van der Waals surface area contributed by atoms with Gasteiger partial charge in [-0.3, -0.25) is 0 Å². The van der Waals surface area contributed by atoms with E-state index < -0.39 is 0 Å². The molecule has 0 aromatic carbocycles. The molecule has 0 radical (unpaired) electrons. The van der Waals surface area contributed by atoms with Crippen LogP contribution in [-0.2, 0) is 0 Å². The zero-order chi connectivity index (χ0) is 12.0. The molecule has 0 amide bonds. The van der Waals surface area contributed by atoms with E-state index in [1.807, 2.05) is 13.8 Å². The van der Waals surface area contributed by atoms with E-state index >= 15 is 0 Å². The summed E-state index contributed by atoms with van der Waals surface area (Å²) in [6, 6.07) is 0. The molecule has 16 heavy (non-hydrogen) atoms. The number of rotatable bonds is 0. The molecular weight excluding hydrogens is 194 g/mol. The summed E-state index contributed by atoms with van der Waals surface area (Å²) in [7, 11) is 0. The Morgan fingerprint density at radius 2 is 1.56 bits per heavy atom. The highest BCUT2D eigenvalue weighted by Crippen LogP contribution is 2.40. The molecule has 2 atom stereocenters. The SMILES string of the molecule is CC.CC1(C)CCC2CCCNCC2CC1. The molecule has 2 fully saturated rings. The van der Waals surface area contributed by atoms with Crippen molar-refractivity contribution < 1.29 is 0 Å². The Morgan fingerprint density at radius 3 is 2.25 bits per heavy atom. The Hall–Kier alpha value is -0.0400. The quantitative estimate of drug-likeness (QED) is 0.650. The summed E-state index contributed by atoms with van der Waals surface area (Å²) in [6.07, 6.45) is 8.73. The second kappa shape index (κ2) is 6.64. The van der Waals surface area contributed by atoms with Crippen molar-refractivity contribution in [2.45, 2.75) is 66.2 Å². The molecule has 0 aromatic heterocycles. The van der Waals surface area contributed by atoms with Gasteiger partial charge >= 0.3 is 0 Å². The third-order valence-corrected chi connectivity index (χ3v) is 4.39. The van der Waals surface area contributed by atoms with Gasteiger partial charge in [0.2, 0.25) is 0 Å². The number of hydrogen-bond acceptors (Lipinski definition) is 1. The molecule has 2 rings (SSSR count). The van der Waals surface area contributed by atoms with Crippen molar-refractivity contribution >= 4 is 0 Å². The predicted molar refractivity (Wildman–Crippen MR) is 72.7 cm³/mol. The van der Waals surface area contributed by atoms with Gasteiger partial charge in [-0.05, 0) is 68.9 Å². The van der Waals surface area contributed by atoms with Gasteiger partial charge in [-0.25, -0.2) is 0 Å². The normalized spacial score (nSPS) is 33.8. The highest BCUT2D eigenvalue weighted by atomic mass is 14.9. The summed E-state index contributed by atoms with van der Waals surface area (Å²) in [5.74, 6) is 2.02. The average Bonchev–Trinajstić information content (AvgIpc) is 2.57. The smallest absolute Gasteiger partial charge is 0.00179 e. The lowest BCUT2D eigenvalue weighted by molar-refractivity contribution is 0.305. The number of nitrogens with one attached hydrogen (secondary N) is 1. The van der Waals surface area contributed by atoms with Gasteiger partial charge in [-0.15, -0.1) is 0 Å². The molecule has 0 spiro atoms. The van der Waals surface area contributed by atoms with Crippen LogP contribution in [-0.4, -0.2) is 13.1 Å². The number of fused-ring (bicyclic) bond motifs is 1. The predicted octanol–water partition coefficient (Wildman–Crippen LogP) is 4.23. The van der Waals surface area contributed by atoms with Crippen LogP contribution >= 0.6 is 0 Å². The molecule has 0 aromatic rings. The van der Waals surface area contributed by atoms with Crippen molar-refractivity contribution in [3.63, 3.8) is 0 Å². The van der Waals surface area contributed by atoms with E-state index in [4.69, 9.17) is 0 Å². The molecule has 1 saturated heterocycles. The average molecular weight is 225 g/mol. The summed E-state index contributed by atoms with van der Waals surface area (Å²) in [6.45, 7) is 11.5. The van der Waals surface area contributed by atoms with Crippen LogP contribution in [0.3, 0.4) is 0 Å². The molecular formula is C15H31N. The lowest BCUT2D eigenvalue weighted by Gasteiger charge is -2.21. The second-order valence-corrected chi connectivity index (χ2v) is 6.11. The third-order valence-electron chi connectivity index (χ3n) is 4.39. The Balaban J connectivity index is 0.000000606. The van der Waals surface area contributed by atoms with Gasteiger partial charge in [0.15, 0.2) is 0 Å². The van der Waals surface area contributed by atoms with E-state index in [0.717, 1.165) is 11.8 Å². The summed E-state index contributed by atoms with van der Waals surface area (Å²) >= 11 is 0. The third kappa shape index (κ3) is 4.08. The van der Waals surface area contributed by atoms with Crippen LogP contribution < -0.4 is 5.32 Å². The van der Waals surface area contributed by atoms with Crippen molar-refractivity contribution in [2.24, 2.45) is 17.3 Å². The van der Waals surface area contributed by atoms with Crippen molar-refractivity contribution in [1.82, 2.24) is 5.32 Å². The standard InChI is InChI=1S/C13H25N.C2H6/c1-13(2)7-5-11-4-3-9-14-10-12(11)6-8-13;1-2/h11-12,14H,3-10H2,1-2H3;1-2H3. The maximum Gasteiger partial charge on any atom is -0.00179 e. The Labute approximate surface area is 102 Å². The summed E-state index contributed by atoms with van der Waals surface area (Å²) in [5, 5.41) is 3.60. The van der Waals surface area contributed by atoms with Crippen LogP contribution in [0.25, 0.3) is 0 Å². The van der Waals surface area contributed by atoms with Crippen molar-refractivity contribution in [2.75, 3.05) is 13.1 Å². The van der Waals surface area contributed by atoms with Crippen LogP contribution in [0.4, 0.5) is 0 Å². The van der Waals surface area contributed by atoms with Gasteiger partial charge < -0.3 is 5.32 Å². The maximum absolute atomic E-state index is 3.60. The number of hydrogen-bond donors (Lipinski definition) is 1. The van der Waals surface area contributed by atoms with E-state index in [1.54, 1.807) is 0 Å². The minimum absolute atomic E-state index is 0.617. The lowest BCUT2D eigenvalue weighted by Crippen LogP contribution is -2.24. The minimum atomic E-state index is 0.617. The minimum Gasteiger partial charge on any atom is -0.316 e.